The Morgan fingerprint density at radius 2 is 2.36 bits per heavy atom. The fraction of sp³-hybridized carbons (Fsp3) is 0. The summed E-state index contributed by atoms with van der Waals surface area (Å²) in [5.74, 6) is -0.160. The number of aromatic amines is 1. The van der Waals surface area contributed by atoms with E-state index in [1.165, 1.54) is 6.20 Å². The molecule has 6 heteroatoms. The Bertz CT molecular complexity index is 474. The number of halogens is 1. The first-order chi connectivity index (χ1) is 6.66. The minimum Gasteiger partial charge on any atom is -0.477 e. The molecule has 0 aliphatic rings. The Morgan fingerprint density at radius 1 is 1.57 bits per heavy atom. The number of carboxylic acids is 1. The van der Waals surface area contributed by atoms with Crippen LogP contribution in [0, 0.1) is 0 Å². The van der Waals surface area contributed by atoms with E-state index in [9.17, 15) is 4.79 Å². The van der Waals surface area contributed by atoms with Gasteiger partial charge >= 0.3 is 5.97 Å². The molecule has 0 saturated heterocycles. The van der Waals surface area contributed by atoms with E-state index in [0.717, 1.165) is 0 Å². The molecule has 0 unspecified atom stereocenters. The van der Waals surface area contributed by atoms with Gasteiger partial charge in [-0.05, 0) is 28.1 Å². The summed E-state index contributed by atoms with van der Waals surface area (Å²) in [6.07, 6.45) is 1.24. The van der Waals surface area contributed by atoms with E-state index in [0.29, 0.717) is 16.3 Å². The zero-order valence-electron chi connectivity index (χ0n) is 6.82. The van der Waals surface area contributed by atoms with Crippen molar-refractivity contribution in [3.8, 4) is 11.6 Å². The normalized spacial score (nSPS) is 10.4. The molecular formula is C8H5BrN2O3. The standard InChI is InChI=1S/C8H5BrN2O3/c9-6-2-1-5(14-6)7-10-3-4(11-7)8(12)13/h1-3H,(H,10,11)(H,12,13). The molecule has 0 atom stereocenters. The Hall–Kier alpha value is -1.56. The van der Waals surface area contributed by atoms with Crippen molar-refractivity contribution in [2.45, 2.75) is 0 Å². The van der Waals surface area contributed by atoms with E-state index in [4.69, 9.17) is 9.52 Å². The molecule has 0 radical (unpaired) electrons. The Morgan fingerprint density at radius 3 is 2.86 bits per heavy atom. The van der Waals surface area contributed by atoms with Gasteiger partial charge in [-0.3, -0.25) is 0 Å². The predicted molar refractivity (Wildman–Crippen MR) is 50.9 cm³/mol. The number of rotatable bonds is 2. The Labute approximate surface area is 86.9 Å². The summed E-state index contributed by atoms with van der Waals surface area (Å²) in [7, 11) is 0. The van der Waals surface area contributed by atoms with Crippen LogP contribution in [0.5, 0.6) is 0 Å². The summed E-state index contributed by atoms with van der Waals surface area (Å²) in [6.45, 7) is 0. The third kappa shape index (κ3) is 1.56. The van der Waals surface area contributed by atoms with Gasteiger partial charge in [0.15, 0.2) is 16.3 Å². The number of carboxylic acid groups (broad SMARTS) is 1. The highest BCUT2D eigenvalue weighted by Crippen LogP contribution is 2.22. The molecule has 0 aliphatic carbocycles. The number of nitrogens with one attached hydrogen (secondary N) is 1. The SMILES string of the molecule is O=C(O)c1cnc(-c2ccc(Br)o2)[nH]1. The average molecular weight is 257 g/mol. The van der Waals surface area contributed by atoms with E-state index >= 15 is 0 Å². The second kappa shape index (κ2) is 3.30. The topological polar surface area (TPSA) is 79.1 Å². The van der Waals surface area contributed by atoms with Crippen molar-refractivity contribution in [3.05, 3.63) is 28.7 Å². The molecule has 2 rings (SSSR count). The summed E-state index contributed by atoms with van der Waals surface area (Å²) in [6, 6.07) is 3.40. The quantitative estimate of drug-likeness (QED) is 0.863. The molecule has 0 aromatic carbocycles. The molecule has 5 nitrogen and oxygen atoms in total. The van der Waals surface area contributed by atoms with E-state index < -0.39 is 5.97 Å². The summed E-state index contributed by atoms with van der Waals surface area (Å²) in [4.78, 5) is 17.0. The molecule has 0 fully saturated rings. The minimum atomic E-state index is -1.05. The van der Waals surface area contributed by atoms with Gasteiger partial charge in [-0.2, -0.15) is 0 Å². The highest BCUT2D eigenvalue weighted by molar-refractivity contribution is 9.10. The number of aromatic nitrogens is 2. The largest absolute Gasteiger partial charge is 0.477 e. The molecule has 2 N–H and O–H groups in total. The number of carbonyl (C=O) groups is 1. The van der Waals surface area contributed by atoms with Gasteiger partial charge in [0.2, 0.25) is 0 Å². The summed E-state index contributed by atoms with van der Waals surface area (Å²) < 4.78 is 5.76. The molecule has 72 valence electrons. The lowest BCUT2D eigenvalue weighted by atomic mass is 10.4. The van der Waals surface area contributed by atoms with Gasteiger partial charge in [0.25, 0.3) is 0 Å². The molecule has 0 saturated carbocycles. The van der Waals surface area contributed by atoms with Crippen molar-refractivity contribution in [1.29, 1.82) is 0 Å². The van der Waals surface area contributed by atoms with Crippen LogP contribution in [0.4, 0.5) is 0 Å². The highest BCUT2D eigenvalue weighted by Gasteiger charge is 2.11. The number of aromatic carboxylic acids is 1. The maximum absolute atomic E-state index is 10.5. The van der Waals surface area contributed by atoms with Crippen LogP contribution in [0.2, 0.25) is 0 Å². The Balaban J connectivity index is 2.38. The molecule has 0 bridgehead atoms. The van der Waals surface area contributed by atoms with Gasteiger partial charge in [0, 0.05) is 0 Å². The summed E-state index contributed by atoms with van der Waals surface area (Å²) in [5.41, 5.74) is 0.0347. The van der Waals surface area contributed by atoms with Crippen LogP contribution in [-0.4, -0.2) is 21.0 Å². The number of nitrogens with zero attached hydrogens (tertiary/aromatic N) is 1. The molecule has 0 spiro atoms. The Kier molecular flexibility index (Phi) is 2.12. The molecule has 0 aliphatic heterocycles. The lowest BCUT2D eigenvalue weighted by Crippen LogP contribution is -1.95. The first kappa shape index (κ1) is 9.01. The zero-order chi connectivity index (χ0) is 10.1. The molecule has 0 amide bonds. The molecular weight excluding hydrogens is 252 g/mol. The first-order valence-electron chi connectivity index (χ1n) is 3.71. The van der Waals surface area contributed by atoms with E-state index in [2.05, 4.69) is 25.9 Å². The van der Waals surface area contributed by atoms with Crippen molar-refractivity contribution in [2.75, 3.05) is 0 Å². The van der Waals surface area contributed by atoms with Crippen LogP contribution in [0.15, 0.2) is 27.4 Å². The third-order valence-corrected chi connectivity index (χ3v) is 2.04. The maximum Gasteiger partial charge on any atom is 0.353 e. The van der Waals surface area contributed by atoms with E-state index in [1.54, 1.807) is 12.1 Å². The maximum atomic E-state index is 10.5. The van der Waals surface area contributed by atoms with Gasteiger partial charge in [-0.15, -0.1) is 0 Å². The smallest absolute Gasteiger partial charge is 0.353 e. The van der Waals surface area contributed by atoms with Crippen molar-refractivity contribution in [3.63, 3.8) is 0 Å². The van der Waals surface area contributed by atoms with Gasteiger partial charge in [0.05, 0.1) is 6.20 Å². The van der Waals surface area contributed by atoms with Crippen molar-refractivity contribution >= 4 is 21.9 Å². The van der Waals surface area contributed by atoms with Crippen molar-refractivity contribution < 1.29 is 14.3 Å². The first-order valence-corrected chi connectivity index (χ1v) is 4.50. The summed E-state index contributed by atoms with van der Waals surface area (Å²) >= 11 is 3.14. The van der Waals surface area contributed by atoms with Crippen LogP contribution >= 0.6 is 15.9 Å². The molecule has 2 aromatic heterocycles. The van der Waals surface area contributed by atoms with Gasteiger partial charge < -0.3 is 14.5 Å². The lowest BCUT2D eigenvalue weighted by molar-refractivity contribution is 0.0691. The number of hydrogen-bond acceptors (Lipinski definition) is 3. The number of hydrogen-bond donors (Lipinski definition) is 2. The van der Waals surface area contributed by atoms with Crippen LogP contribution in [-0.2, 0) is 0 Å². The van der Waals surface area contributed by atoms with E-state index in [1.807, 2.05) is 0 Å². The number of H-pyrrole nitrogens is 1. The van der Waals surface area contributed by atoms with Crippen molar-refractivity contribution in [2.24, 2.45) is 0 Å². The van der Waals surface area contributed by atoms with Gasteiger partial charge in [0.1, 0.15) is 5.69 Å². The average Bonchev–Trinajstić information content (AvgIpc) is 2.70. The predicted octanol–water partition coefficient (Wildman–Crippen LogP) is 2.13. The minimum absolute atomic E-state index is 0.0347. The monoisotopic (exact) mass is 256 g/mol. The van der Waals surface area contributed by atoms with Gasteiger partial charge in [-0.1, -0.05) is 0 Å². The molecule has 14 heavy (non-hydrogen) atoms. The van der Waals surface area contributed by atoms with Crippen LogP contribution in [0.3, 0.4) is 0 Å². The third-order valence-electron chi connectivity index (χ3n) is 1.61. The van der Waals surface area contributed by atoms with Gasteiger partial charge in [-0.25, -0.2) is 9.78 Å². The second-order valence-electron chi connectivity index (χ2n) is 2.55. The fourth-order valence-electron chi connectivity index (χ4n) is 0.997. The highest BCUT2D eigenvalue weighted by atomic mass is 79.9. The summed E-state index contributed by atoms with van der Waals surface area (Å²) in [5, 5.41) is 8.64. The van der Waals surface area contributed by atoms with E-state index in [-0.39, 0.29) is 5.69 Å². The van der Waals surface area contributed by atoms with Crippen LogP contribution in [0.25, 0.3) is 11.6 Å². The van der Waals surface area contributed by atoms with Crippen molar-refractivity contribution in [1.82, 2.24) is 9.97 Å². The molecule has 2 aromatic rings. The molecule has 2 heterocycles. The lowest BCUT2D eigenvalue weighted by Gasteiger charge is -1.88. The zero-order valence-corrected chi connectivity index (χ0v) is 8.41. The second-order valence-corrected chi connectivity index (χ2v) is 3.34. The number of imidazole rings is 1. The number of furan rings is 1. The van der Waals surface area contributed by atoms with Crippen LogP contribution in [0.1, 0.15) is 10.5 Å². The fourth-order valence-corrected chi connectivity index (χ4v) is 1.30. The van der Waals surface area contributed by atoms with Crippen LogP contribution < -0.4 is 0 Å².